The molecule has 1 saturated heterocycles. The zero-order valence-corrected chi connectivity index (χ0v) is 12.1. The molecule has 0 radical (unpaired) electrons. The fourth-order valence-electron chi connectivity index (χ4n) is 3.05. The Kier molecular flexibility index (Phi) is 3.31. The number of amides is 1. The number of nitrogens with two attached hydrogens (primary N) is 1. The number of carbonyl (C=O) groups excluding carboxylic acids is 1. The number of rotatable bonds is 1. The average molecular weight is 276 g/mol. The van der Waals surface area contributed by atoms with E-state index < -0.39 is 0 Å². The fourth-order valence-corrected chi connectivity index (χ4v) is 4.31. The van der Waals surface area contributed by atoms with Gasteiger partial charge in [0.05, 0.1) is 4.75 Å². The van der Waals surface area contributed by atoms with Crippen LogP contribution in [-0.4, -0.2) is 29.0 Å². The monoisotopic (exact) mass is 276 g/mol. The van der Waals surface area contributed by atoms with Gasteiger partial charge in [-0.2, -0.15) is 0 Å². The summed E-state index contributed by atoms with van der Waals surface area (Å²) in [6.45, 7) is 2.72. The van der Waals surface area contributed by atoms with E-state index in [2.05, 4.69) is 13.0 Å². The summed E-state index contributed by atoms with van der Waals surface area (Å²) in [5, 5.41) is 0. The normalized spacial score (nSPS) is 30.2. The van der Waals surface area contributed by atoms with Crippen LogP contribution in [0.25, 0.3) is 0 Å². The van der Waals surface area contributed by atoms with Crippen LogP contribution in [0.1, 0.15) is 25.3 Å². The summed E-state index contributed by atoms with van der Waals surface area (Å²) in [4.78, 5) is 14.8. The molecule has 2 heterocycles. The highest BCUT2D eigenvalue weighted by Gasteiger charge is 2.42. The van der Waals surface area contributed by atoms with Crippen LogP contribution >= 0.6 is 11.8 Å². The van der Waals surface area contributed by atoms with Gasteiger partial charge in [0.15, 0.2) is 0 Å². The van der Waals surface area contributed by atoms with Gasteiger partial charge < -0.3 is 10.6 Å². The Balaban J connectivity index is 1.94. The lowest BCUT2D eigenvalue weighted by Gasteiger charge is -2.37. The molecule has 0 aliphatic carbocycles. The molecule has 2 atom stereocenters. The predicted octanol–water partition coefficient (Wildman–Crippen LogP) is 2.19. The number of para-hydroxylation sites is 1. The third kappa shape index (κ3) is 2.28. The summed E-state index contributed by atoms with van der Waals surface area (Å²) in [6.07, 6.45) is 2.97. The molecule has 102 valence electrons. The Morgan fingerprint density at radius 2 is 2.26 bits per heavy atom. The van der Waals surface area contributed by atoms with Crippen molar-refractivity contribution in [3.63, 3.8) is 0 Å². The number of anilines is 1. The third-order valence-corrected chi connectivity index (χ3v) is 5.61. The van der Waals surface area contributed by atoms with Gasteiger partial charge in [-0.1, -0.05) is 18.2 Å². The molecule has 1 aromatic carbocycles. The van der Waals surface area contributed by atoms with Gasteiger partial charge in [-0.25, -0.2) is 0 Å². The molecule has 1 fully saturated rings. The number of benzene rings is 1. The van der Waals surface area contributed by atoms with Crippen molar-refractivity contribution in [1.29, 1.82) is 0 Å². The maximum Gasteiger partial charge on any atom is 0.242 e. The molecule has 0 bridgehead atoms. The SMILES string of the molecule is CC1(C(=O)N2CC(N)Cc3ccccc32)CCCS1. The molecule has 2 aliphatic rings. The molecular formula is C15H20N2OS. The minimum absolute atomic E-state index is 0.0499. The average Bonchev–Trinajstić information content (AvgIpc) is 2.85. The van der Waals surface area contributed by atoms with E-state index in [-0.39, 0.29) is 16.7 Å². The van der Waals surface area contributed by atoms with Gasteiger partial charge in [-0.15, -0.1) is 11.8 Å². The van der Waals surface area contributed by atoms with Crippen molar-refractivity contribution in [2.45, 2.75) is 37.0 Å². The molecule has 3 rings (SSSR count). The third-order valence-electron chi connectivity index (χ3n) is 4.10. The molecular weight excluding hydrogens is 256 g/mol. The molecule has 0 spiro atoms. The van der Waals surface area contributed by atoms with E-state index in [0.29, 0.717) is 6.54 Å². The van der Waals surface area contributed by atoms with Crippen LogP contribution < -0.4 is 10.6 Å². The summed E-state index contributed by atoms with van der Waals surface area (Å²) in [7, 11) is 0. The van der Waals surface area contributed by atoms with Gasteiger partial charge in [0.25, 0.3) is 0 Å². The van der Waals surface area contributed by atoms with Crippen LogP contribution in [0.2, 0.25) is 0 Å². The maximum absolute atomic E-state index is 12.9. The van der Waals surface area contributed by atoms with Crippen molar-refractivity contribution in [2.24, 2.45) is 5.73 Å². The van der Waals surface area contributed by atoms with Gasteiger partial charge in [0.2, 0.25) is 5.91 Å². The predicted molar refractivity (Wildman–Crippen MR) is 80.6 cm³/mol. The van der Waals surface area contributed by atoms with E-state index in [0.717, 1.165) is 30.7 Å². The lowest BCUT2D eigenvalue weighted by Crippen LogP contribution is -2.52. The number of fused-ring (bicyclic) bond motifs is 1. The maximum atomic E-state index is 12.9. The molecule has 19 heavy (non-hydrogen) atoms. The molecule has 2 aliphatic heterocycles. The van der Waals surface area contributed by atoms with E-state index in [9.17, 15) is 4.79 Å². The topological polar surface area (TPSA) is 46.3 Å². The van der Waals surface area contributed by atoms with E-state index >= 15 is 0 Å². The van der Waals surface area contributed by atoms with Crippen molar-refractivity contribution in [3.05, 3.63) is 29.8 Å². The Bertz CT molecular complexity index is 497. The summed E-state index contributed by atoms with van der Waals surface area (Å²) >= 11 is 1.79. The summed E-state index contributed by atoms with van der Waals surface area (Å²) < 4.78 is -0.260. The molecule has 1 amide bonds. The first-order chi connectivity index (χ1) is 9.10. The number of hydrogen-bond acceptors (Lipinski definition) is 3. The van der Waals surface area contributed by atoms with E-state index in [1.165, 1.54) is 5.56 Å². The first kappa shape index (κ1) is 13.0. The van der Waals surface area contributed by atoms with Gasteiger partial charge in [0.1, 0.15) is 0 Å². The zero-order valence-electron chi connectivity index (χ0n) is 11.3. The van der Waals surface area contributed by atoms with Crippen molar-refractivity contribution >= 4 is 23.4 Å². The Hall–Kier alpha value is -1.00. The van der Waals surface area contributed by atoms with Crippen LogP contribution in [0.15, 0.2) is 24.3 Å². The lowest BCUT2D eigenvalue weighted by molar-refractivity contribution is -0.120. The van der Waals surface area contributed by atoms with Crippen LogP contribution in [0.4, 0.5) is 5.69 Å². The standard InChI is InChI=1S/C15H20N2OS/c1-15(7-4-8-19-15)14(18)17-10-12(16)9-11-5-2-3-6-13(11)17/h2-3,5-6,12H,4,7-10,16H2,1H3. The Morgan fingerprint density at radius 1 is 1.47 bits per heavy atom. The van der Waals surface area contributed by atoms with Gasteiger partial charge in [-0.05, 0) is 43.6 Å². The number of carbonyl (C=O) groups is 1. The van der Waals surface area contributed by atoms with E-state index in [1.54, 1.807) is 11.8 Å². The number of thioether (sulfide) groups is 1. The van der Waals surface area contributed by atoms with Gasteiger partial charge in [0, 0.05) is 18.3 Å². The van der Waals surface area contributed by atoms with Crippen LogP contribution in [0.5, 0.6) is 0 Å². The Labute approximate surface area is 118 Å². The summed E-state index contributed by atoms with van der Waals surface area (Å²) in [5.74, 6) is 1.32. The molecule has 3 nitrogen and oxygen atoms in total. The quantitative estimate of drug-likeness (QED) is 0.855. The van der Waals surface area contributed by atoms with Crippen molar-refractivity contribution < 1.29 is 4.79 Å². The highest BCUT2D eigenvalue weighted by molar-refractivity contribution is 8.01. The van der Waals surface area contributed by atoms with Crippen molar-refractivity contribution in [3.8, 4) is 0 Å². The molecule has 4 heteroatoms. The van der Waals surface area contributed by atoms with E-state index in [1.807, 2.05) is 23.1 Å². The second-order valence-corrected chi connectivity index (χ2v) is 7.29. The molecule has 1 aromatic rings. The van der Waals surface area contributed by atoms with Crippen molar-refractivity contribution in [2.75, 3.05) is 17.2 Å². The highest BCUT2D eigenvalue weighted by atomic mass is 32.2. The molecule has 0 saturated carbocycles. The number of hydrogen-bond donors (Lipinski definition) is 1. The van der Waals surface area contributed by atoms with Gasteiger partial charge in [-0.3, -0.25) is 4.79 Å². The largest absolute Gasteiger partial charge is 0.326 e. The Morgan fingerprint density at radius 3 is 3.00 bits per heavy atom. The molecule has 2 N–H and O–H groups in total. The second kappa shape index (κ2) is 4.84. The minimum atomic E-state index is -0.260. The second-order valence-electron chi connectivity index (χ2n) is 5.69. The fraction of sp³-hybridized carbons (Fsp3) is 0.533. The van der Waals surface area contributed by atoms with Crippen LogP contribution in [0.3, 0.4) is 0 Å². The zero-order chi connectivity index (χ0) is 13.5. The molecule has 2 unspecified atom stereocenters. The van der Waals surface area contributed by atoms with Crippen molar-refractivity contribution in [1.82, 2.24) is 0 Å². The smallest absolute Gasteiger partial charge is 0.242 e. The lowest BCUT2D eigenvalue weighted by atomic mass is 9.95. The first-order valence-corrected chi connectivity index (χ1v) is 7.88. The van der Waals surface area contributed by atoms with E-state index in [4.69, 9.17) is 5.73 Å². The number of nitrogens with zero attached hydrogens (tertiary/aromatic N) is 1. The van der Waals surface area contributed by atoms with Gasteiger partial charge >= 0.3 is 0 Å². The molecule has 0 aromatic heterocycles. The summed E-state index contributed by atoms with van der Waals surface area (Å²) in [5.41, 5.74) is 8.37. The van der Waals surface area contributed by atoms with Crippen LogP contribution in [0, 0.1) is 0 Å². The van der Waals surface area contributed by atoms with Crippen LogP contribution in [-0.2, 0) is 11.2 Å². The summed E-state index contributed by atoms with van der Waals surface area (Å²) in [6, 6.07) is 8.20. The highest BCUT2D eigenvalue weighted by Crippen LogP contribution is 2.41. The minimum Gasteiger partial charge on any atom is -0.326 e. The first-order valence-electron chi connectivity index (χ1n) is 6.89.